The van der Waals surface area contributed by atoms with Gasteiger partial charge in [-0.25, -0.2) is 0 Å². The number of nitrogens with zero attached hydrogens (tertiary/aromatic N) is 2. The van der Waals surface area contributed by atoms with Crippen LogP contribution in [0.3, 0.4) is 0 Å². The molecule has 1 amide bonds. The number of amides is 1. The van der Waals surface area contributed by atoms with Crippen molar-refractivity contribution in [2.24, 2.45) is 0 Å². The molecule has 1 aromatic carbocycles. The van der Waals surface area contributed by atoms with Crippen LogP contribution < -0.4 is 5.32 Å². The maximum absolute atomic E-state index is 12.2. The van der Waals surface area contributed by atoms with Crippen molar-refractivity contribution in [3.63, 3.8) is 0 Å². The average Bonchev–Trinajstić information content (AvgIpc) is 2.59. The topological polar surface area (TPSA) is 35.6 Å². The van der Waals surface area contributed by atoms with Crippen LogP contribution in [-0.2, 0) is 37.5 Å². The molecule has 1 N–H and O–H groups in total. The van der Waals surface area contributed by atoms with Crippen LogP contribution in [0.4, 0.5) is 0 Å². The Morgan fingerprint density at radius 3 is 2.48 bits per heavy atom. The van der Waals surface area contributed by atoms with Gasteiger partial charge in [0.25, 0.3) is 0 Å². The van der Waals surface area contributed by atoms with Crippen LogP contribution in [0.25, 0.3) is 0 Å². The van der Waals surface area contributed by atoms with Gasteiger partial charge in [-0.2, -0.15) is 0 Å². The minimum atomic E-state index is -0.201. The third kappa shape index (κ3) is 5.93. The summed E-state index contributed by atoms with van der Waals surface area (Å²) >= 11 is 0. The van der Waals surface area contributed by atoms with Crippen molar-refractivity contribution >= 4 is 5.91 Å². The van der Waals surface area contributed by atoms with E-state index >= 15 is 0 Å². The Balaban J connectivity index is 0.00000264. The molecule has 0 aliphatic carbocycles. The zero-order valence-corrected chi connectivity index (χ0v) is 16.9. The van der Waals surface area contributed by atoms with Gasteiger partial charge in [-0.15, -0.1) is 6.54 Å². The number of hydrogen-bond acceptors (Lipinski definition) is 3. The number of carbonyl (C=O) groups excluding carboxylic acids is 1. The number of piperidine rings is 1. The van der Waals surface area contributed by atoms with Crippen LogP contribution >= 0.6 is 0 Å². The predicted molar refractivity (Wildman–Crippen MR) is 90.1 cm³/mol. The molecule has 1 aliphatic heterocycles. The van der Waals surface area contributed by atoms with Crippen molar-refractivity contribution in [3.8, 4) is 0 Å². The number of hydrogen-bond donors (Lipinski definition) is 1. The standard InChI is InChI=1S/C18H27N3O.Y/c1-4-20(3)18(22)17(19-2)14-21-12-10-16(11-13-21)15-8-6-5-7-9-15;/h5-9,16-17,19H,1,3-4,10-14H2,2H3;/q-2;/t17-;/m0./s1. The van der Waals surface area contributed by atoms with Crippen molar-refractivity contribution in [3.05, 3.63) is 49.9 Å². The van der Waals surface area contributed by atoms with E-state index in [9.17, 15) is 4.79 Å². The van der Waals surface area contributed by atoms with Crippen molar-refractivity contribution in [1.82, 2.24) is 15.1 Å². The Hall–Kier alpha value is -0.286. The Kier molecular flexibility index (Phi) is 9.52. The zero-order chi connectivity index (χ0) is 15.9. The van der Waals surface area contributed by atoms with E-state index in [1.165, 1.54) is 10.5 Å². The molecule has 1 aromatic rings. The molecule has 0 aromatic heterocycles. The third-order valence-corrected chi connectivity index (χ3v) is 4.53. The molecule has 125 valence electrons. The molecule has 0 saturated carbocycles. The summed E-state index contributed by atoms with van der Waals surface area (Å²) in [6.45, 7) is 6.92. The van der Waals surface area contributed by atoms with Crippen LogP contribution in [0.5, 0.6) is 0 Å². The van der Waals surface area contributed by atoms with Crippen LogP contribution in [0.15, 0.2) is 30.3 Å². The first-order valence-electron chi connectivity index (χ1n) is 8.01. The van der Waals surface area contributed by atoms with E-state index in [2.05, 4.69) is 54.5 Å². The molecule has 0 spiro atoms. The van der Waals surface area contributed by atoms with Gasteiger partial charge in [0, 0.05) is 39.3 Å². The van der Waals surface area contributed by atoms with Crippen LogP contribution in [0, 0.1) is 14.0 Å². The van der Waals surface area contributed by atoms with Gasteiger partial charge in [0.2, 0.25) is 5.91 Å². The van der Waals surface area contributed by atoms with Gasteiger partial charge >= 0.3 is 0 Å². The first-order chi connectivity index (χ1) is 10.7. The molecule has 1 fully saturated rings. The quantitative estimate of drug-likeness (QED) is 0.754. The van der Waals surface area contributed by atoms with Crippen molar-refractivity contribution < 1.29 is 37.5 Å². The van der Waals surface area contributed by atoms with Gasteiger partial charge in [-0.05, 0) is 44.5 Å². The molecular formula is C18H27N3OY-2. The van der Waals surface area contributed by atoms with Gasteiger partial charge in [0.1, 0.15) is 0 Å². The normalized spacial score (nSPS) is 17.3. The van der Waals surface area contributed by atoms with Crippen molar-refractivity contribution in [1.29, 1.82) is 0 Å². The molecule has 1 radical (unpaired) electrons. The smallest absolute Gasteiger partial charge is 0.209 e. The monoisotopic (exact) mass is 390 g/mol. The molecule has 1 saturated heterocycles. The number of rotatable bonds is 6. The molecule has 2 rings (SSSR count). The predicted octanol–water partition coefficient (Wildman–Crippen LogP) is 1.91. The van der Waals surface area contributed by atoms with E-state index in [1.54, 1.807) is 0 Å². The number of carbonyl (C=O) groups is 1. The van der Waals surface area contributed by atoms with Gasteiger partial charge in [-0.1, -0.05) is 30.3 Å². The van der Waals surface area contributed by atoms with Gasteiger partial charge in [-0.3, -0.25) is 11.8 Å². The van der Waals surface area contributed by atoms with E-state index in [4.69, 9.17) is 0 Å². The summed E-state index contributed by atoms with van der Waals surface area (Å²) < 4.78 is 0. The number of benzene rings is 1. The second kappa shape index (κ2) is 10.6. The summed E-state index contributed by atoms with van der Waals surface area (Å²) in [5, 5.41) is 3.11. The molecule has 1 heterocycles. The van der Waals surface area contributed by atoms with E-state index in [0.29, 0.717) is 12.5 Å². The summed E-state index contributed by atoms with van der Waals surface area (Å²) in [4.78, 5) is 16.0. The summed E-state index contributed by atoms with van der Waals surface area (Å²) in [7, 11) is 5.56. The van der Waals surface area contributed by atoms with Gasteiger partial charge < -0.3 is 22.0 Å². The maximum atomic E-state index is 12.2. The summed E-state index contributed by atoms with van der Waals surface area (Å²) in [5.74, 6) is 0.660. The van der Waals surface area contributed by atoms with Crippen molar-refractivity contribution in [2.75, 3.05) is 33.2 Å². The molecule has 23 heavy (non-hydrogen) atoms. The fraction of sp³-hybridized carbons (Fsp3) is 0.500. The molecule has 0 bridgehead atoms. The zero-order valence-electron chi connectivity index (χ0n) is 14.1. The second-order valence-electron chi connectivity index (χ2n) is 5.93. The first kappa shape index (κ1) is 20.8. The molecule has 4 nitrogen and oxygen atoms in total. The minimum Gasteiger partial charge on any atom is -0.520 e. The number of nitrogens with one attached hydrogen (secondary N) is 1. The molecular weight excluding hydrogens is 363 g/mol. The Labute approximate surface area is 165 Å². The SMILES string of the molecule is [CH2-]CN([CH2-])C(=O)[C@H](CN1CCC(c2ccccc2)CC1)NC.[Y]. The van der Waals surface area contributed by atoms with Gasteiger partial charge in [0.15, 0.2) is 0 Å². The minimum absolute atomic E-state index is 0. The Bertz CT molecular complexity index is 461. The molecule has 1 aliphatic rings. The number of likely N-dealkylation sites (N-methyl/N-ethyl adjacent to an activating group) is 1. The second-order valence-corrected chi connectivity index (χ2v) is 5.93. The number of likely N-dealkylation sites (tertiary alicyclic amines) is 1. The van der Waals surface area contributed by atoms with E-state index in [-0.39, 0.29) is 44.7 Å². The largest absolute Gasteiger partial charge is 0.520 e. The van der Waals surface area contributed by atoms with Crippen LogP contribution in [-0.4, -0.2) is 55.0 Å². The Morgan fingerprint density at radius 1 is 1.35 bits per heavy atom. The van der Waals surface area contributed by atoms with Crippen LogP contribution in [0.1, 0.15) is 24.3 Å². The van der Waals surface area contributed by atoms with E-state index < -0.39 is 0 Å². The maximum Gasteiger partial charge on any atom is 0.209 e. The summed E-state index contributed by atoms with van der Waals surface area (Å²) in [5.41, 5.74) is 1.43. The first-order valence-corrected chi connectivity index (χ1v) is 8.01. The van der Waals surface area contributed by atoms with Crippen molar-refractivity contribution in [2.45, 2.75) is 24.8 Å². The molecule has 0 unspecified atom stereocenters. The van der Waals surface area contributed by atoms with Crippen LogP contribution in [0.2, 0.25) is 0 Å². The average molecular weight is 390 g/mol. The summed E-state index contributed by atoms with van der Waals surface area (Å²) in [6, 6.07) is 10.5. The van der Waals surface area contributed by atoms with E-state index in [0.717, 1.165) is 32.5 Å². The summed E-state index contributed by atoms with van der Waals surface area (Å²) in [6.07, 6.45) is 2.30. The molecule has 1 atom stereocenters. The third-order valence-electron chi connectivity index (χ3n) is 4.53. The van der Waals surface area contributed by atoms with Gasteiger partial charge in [0.05, 0.1) is 6.04 Å². The fourth-order valence-electron chi connectivity index (χ4n) is 3.06. The van der Waals surface area contributed by atoms with E-state index in [1.807, 2.05) is 7.05 Å². The molecule has 5 heteroatoms. The fourth-order valence-corrected chi connectivity index (χ4v) is 3.06. The Morgan fingerprint density at radius 2 is 1.96 bits per heavy atom.